The van der Waals surface area contributed by atoms with Crippen molar-refractivity contribution in [2.24, 2.45) is 0 Å². The van der Waals surface area contributed by atoms with Gasteiger partial charge < -0.3 is 10.6 Å². The monoisotopic (exact) mass is 337 g/mol. The molecule has 0 fully saturated rings. The van der Waals surface area contributed by atoms with Crippen molar-refractivity contribution >= 4 is 33.3 Å². The zero-order valence-corrected chi connectivity index (χ0v) is 13.1. The predicted molar refractivity (Wildman–Crippen MR) is 85.1 cm³/mol. The molecule has 0 saturated carbocycles. The van der Waals surface area contributed by atoms with Crippen molar-refractivity contribution in [3.05, 3.63) is 46.2 Å². The van der Waals surface area contributed by atoms with Crippen molar-refractivity contribution < 1.29 is 4.39 Å². The third-order valence-electron chi connectivity index (χ3n) is 2.84. The molecule has 0 aliphatic rings. The molecule has 1 aromatic heterocycles. The number of anilines is 3. The normalized spacial score (nSPS) is 10.4. The van der Waals surface area contributed by atoms with Gasteiger partial charge in [-0.15, -0.1) is 0 Å². The Morgan fingerprint density at radius 3 is 2.75 bits per heavy atom. The van der Waals surface area contributed by atoms with E-state index in [0.717, 1.165) is 24.3 Å². The molecule has 2 rings (SSSR count). The fourth-order valence-corrected chi connectivity index (χ4v) is 2.23. The Bertz CT molecular complexity index is 602. The first kappa shape index (κ1) is 14.8. The molecule has 20 heavy (non-hydrogen) atoms. The molecule has 0 spiro atoms. The highest BCUT2D eigenvalue weighted by Gasteiger charge is 2.06. The van der Waals surface area contributed by atoms with Crippen LogP contribution < -0.4 is 10.6 Å². The van der Waals surface area contributed by atoms with Crippen LogP contribution in [-0.2, 0) is 0 Å². The lowest BCUT2D eigenvalue weighted by molar-refractivity contribution is 0.621. The summed E-state index contributed by atoms with van der Waals surface area (Å²) in [6.07, 6.45) is 1.04. The van der Waals surface area contributed by atoms with Crippen LogP contribution in [0.3, 0.4) is 0 Å². The van der Waals surface area contributed by atoms with E-state index >= 15 is 0 Å². The molecule has 0 radical (unpaired) electrons. The number of nitrogens with one attached hydrogen (secondary N) is 2. The molecule has 1 aromatic carbocycles. The van der Waals surface area contributed by atoms with E-state index in [1.165, 1.54) is 6.07 Å². The molecule has 0 amide bonds. The first-order valence-electron chi connectivity index (χ1n) is 6.53. The molecule has 0 unspecified atom stereocenters. The number of pyridine rings is 1. The van der Waals surface area contributed by atoms with E-state index in [-0.39, 0.29) is 5.82 Å². The van der Waals surface area contributed by atoms with Gasteiger partial charge in [0.15, 0.2) is 0 Å². The van der Waals surface area contributed by atoms with Crippen molar-refractivity contribution in [2.45, 2.75) is 20.3 Å². The van der Waals surface area contributed by atoms with E-state index in [1.807, 2.05) is 25.1 Å². The van der Waals surface area contributed by atoms with Gasteiger partial charge in [0, 0.05) is 12.2 Å². The van der Waals surface area contributed by atoms with E-state index in [1.54, 1.807) is 6.07 Å². The Labute approximate surface area is 126 Å². The van der Waals surface area contributed by atoms with Gasteiger partial charge >= 0.3 is 0 Å². The highest BCUT2D eigenvalue weighted by Crippen LogP contribution is 2.26. The fourth-order valence-electron chi connectivity index (χ4n) is 1.77. The smallest absolute Gasteiger partial charge is 0.139 e. The molecule has 2 N–H and O–H groups in total. The van der Waals surface area contributed by atoms with Gasteiger partial charge in [0.1, 0.15) is 17.5 Å². The zero-order chi connectivity index (χ0) is 14.5. The number of rotatable bonds is 5. The minimum atomic E-state index is -0.293. The van der Waals surface area contributed by atoms with E-state index in [0.29, 0.717) is 16.0 Å². The maximum absolute atomic E-state index is 13.6. The molecule has 0 aliphatic heterocycles. The zero-order valence-electron chi connectivity index (χ0n) is 11.5. The summed E-state index contributed by atoms with van der Waals surface area (Å²) in [6.45, 7) is 4.90. The van der Waals surface area contributed by atoms with Crippen LogP contribution in [0.25, 0.3) is 0 Å². The summed E-state index contributed by atoms with van der Waals surface area (Å²) in [4.78, 5) is 4.44. The van der Waals surface area contributed by atoms with E-state index in [4.69, 9.17) is 0 Å². The Kier molecular flexibility index (Phi) is 4.95. The molecule has 0 aliphatic carbocycles. The molecule has 0 atom stereocenters. The second kappa shape index (κ2) is 6.70. The van der Waals surface area contributed by atoms with Crippen LogP contribution in [0.15, 0.2) is 34.8 Å². The Hall–Kier alpha value is -1.62. The van der Waals surface area contributed by atoms with Crippen molar-refractivity contribution in [1.82, 2.24) is 4.98 Å². The molecule has 2 aromatic rings. The Balaban J connectivity index is 2.19. The van der Waals surface area contributed by atoms with Crippen LogP contribution in [-0.4, -0.2) is 11.5 Å². The van der Waals surface area contributed by atoms with Crippen molar-refractivity contribution in [3.63, 3.8) is 0 Å². The molecule has 106 valence electrons. The Morgan fingerprint density at radius 1 is 1.25 bits per heavy atom. The van der Waals surface area contributed by atoms with Crippen LogP contribution in [0.2, 0.25) is 0 Å². The quantitative estimate of drug-likeness (QED) is 0.818. The van der Waals surface area contributed by atoms with Gasteiger partial charge in [0.25, 0.3) is 0 Å². The van der Waals surface area contributed by atoms with Gasteiger partial charge in [-0.2, -0.15) is 0 Å². The number of hydrogen-bond donors (Lipinski definition) is 2. The van der Waals surface area contributed by atoms with Gasteiger partial charge in [-0.25, -0.2) is 9.37 Å². The standard InChI is InChI=1S/C15H17BrFN3/c1-3-7-18-14-5-4-6-15(20-14)19-13-9-12(17)11(16)8-10(13)2/h4-6,8-9H,3,7H2,1-2H3,(H2,18,19,20). The third kappa shape index (κ3) is 3.70. The summed E-state index contributed by atoms with van der Waals surface area (Å²) in [5.41, 5.74) is 1.66. The molecular weight excluding hydrogens is 321 g/mol. The first-order valence-corrected chi connectivity index (χ1v) is 7.33. The Morgan fingerprint density at radius 2 is 2.00 bits per heavy atom. The predicted octanol–water partition coefficient (Wildman–Crippen LogP) is 4.86. The SMILES string of the molecule is CCCNc1cccc(Nc2cc(F)c(Br)cc2C)n1. The lowest BCUT2D eigenvalue weighted by Crippen LogP contribution is -2.03. The van der Waals surface area contributed by atoms with E-state index < -0.39 is 0 Å². The summed E-state index contributed by atoms with van der Waals surface area (Å²) in [5.74, 6) is 1.21. The molecule has 0 bridgehead atoms. The van der Waals surface area contributed by atoms with Crippen LogP contribution in [0.1, 0.15) is 18.9 Å². The van der Waals surface area contributed by atoms with Gasteiger partial charge in [0.05, 0.1) is 4.47 Å². The second-order valence-electron chi connectivity index (χ2n) is 4.54. The van der Waals surface area contributed by atoms with Crippen LogP contribution in [0.5, 0.6) is 0 Å². The van der Waals surface area contributed by atoms with Crippen LogP contribution in [0.4, 0.5) is 21.7 Å². The maximum Gasteiger partial charge on any atom is 0.139 e. The van der Waals surface area contributed by atoms with Crippen molar-refractivity contribution in [1.29, 1.82) is 0 Å². The molecule has 0 saturated heterocycles. The van der Waals surface area contributed by atoms with E-state index in [9.17, 15) is 4.39 Å². The fraction of sp³-hybridized carbons (Fsp3) is 0.267. The average molecular weight is 338 g/mol. The lowest BCUT2D eigenvalue weighted by Gasteiger charge is -2.11. The van der Waals surface area contributed by atoms with Crippen molar-refractivity contribution in [3.8, 4) is 0 Å². The summed E-state index contributed by atoms with van der Waals surface area (Å²) in [5, 5.41) is 6.37. The minimum absolute atomic E-state index is 0.293. The van der Waals surface area contributed by atoms with E-state index in [2.05, 4.69) is 38.5 Å². The number of hydrogen-bond acceptors (Lipinski definition) is 3. The topological polar surface area (TPSA) is 37.0 Å². The summed E-state index contributed by atoms with van der Waals surface area (Å²) in [7, 11) is 0. The average Bonchev–Trinajstić information content (AvgIpc) is 2.43. The summed E-state index contributed by atoms with van der Waals surface area (Å²) < 4.78 is 14.1. The lowest BCUT2D eigenvalue weighted by atomic mass is 10.2. The number of aryl methyl sites for hydroxylation is 1. The maximum atomic E-state index is 13.6. The van der Waals surface area contributed by atoms with Gasteiger partial charge in [-0.1, -0.05) is 13.0 Å². The molecule has 5 heteroatoms. The highest BCUT2D eigenvalue weighted by atomic mass is 79.9. The number of nitrogens with zero attached hydrogens (tertiary/aromatic N) is 1. The third-order valence-corrected chi connectivity index (χ3v) is 3.44. The molecule has 3 nitrogen and oxygen atoms in total. The van der Waals surface area contributed by atoms with Gasteiger partial charge in [-0.05, 0) is 59.1 Å². The summed E-state index contributed by atoms with van der Waals surface area (Å²) >= 11 is 3.18. The van der Waals surface area contributed by atoms with Crippen LogP contribution >= 0.6 is 15.9 Å². The molecular formula is C15H17BrFN3. The first-order chi connectivity index (χ1) is 9.60. The van der Waals surface area contributed by atoms with Gasteiger partial charge in [0.2, 0.25) is 0 Å². The van der Waals surface area contributed by atoms with Crippen molar-refractivity contribution in [2.75, 3.05) is 17.2 Å². The number of benzene rings is 1. The second-order valence-corrected chi connectivity index (χ2v) is 5.40. The summed E-state index contributed by atoms with van der Waals surface area (Å²) in [6, 6.07) is 8.90. The van der Waals surface area contributed by atoms with Gasteiger partial charge in [-0.3, -0.25) is 0 Å². The molecule has 1 heterocycles. The highest BCUT2D eigenvalue weighted by molar-refractivity contribution is 9.10. The minimum Gasteiger partial charge on any atom is -0.370 e. The largest absolute Gasteiger partial charge is 0.370 e. The van der Waals surface area contributed by atoms with Crippen LogP contribution in [0, 0.1) is 12.7 Å². The number of aromatic nitrogens is 1. The number of halogens is 2.